The summed E-state index contributed by atoms with van der Waals surface area (Å²) in [4.78, 5) is 33.1. The second-order valence-electron chi connectivity index (χ2n) is 4.54. The number of nitrogens with zero attached hydrogens (tertiary/aromatic N) is 3. The van der Waals surface area contributed by atoms with Gasteiger partial charge in [-0.25, -0.2) is 9.78 Å². The monoisotopic (exact) mass is 279 g/mol. The zero-order valence-corrected chi connectivity index (χ0v) is 11.5. The van der Waals surface area contributed by atoms with Gasteiger partial charge in [0.15, 0.2) is 5.69 Å². The highest BCUT2D eigenvalue weighted by Crippen LogP contribution is 2.22. The Hall–Kier alpha value is -2.18. The fourth-order valence-electron chi connectivity index (χ4n) is 2.22. The van der Waals surface area contributed by atoms with E-state index in [1.54, 1.807) is 6.20 Å². The average molecular weight is 279 g/mol. The van der Waals surface area contributed by atoms with E-state index in [1.165, 1.54) is 20.4 Å². The van der Waals surface area contributed by atoms with Crippen molar-refractivity contribution < 1.29 is 19.1 Å². The van der Waals surface area contributed by atoms with Gasteiger partial charge in [0.2, 0.25) is 0 Å². The Balaban J connectivity index is 2.03. The molecule has 1 aliphatic rings. The van der Waals surface area contributed by atoms with Crippen molar-refractivity contribution in [2.24, 2.45) is 5.92 Å². The molecule has 0 aliphatic carbocycles. The van der Waals surface area contributed by atoms with Gasteiger partial charge < -0.3 is 14.4 Å². The molecule has 0 radical (unpaired) electrons. The molecule has 108 valence electrons. The van der Waals surface area contributed by atoms with Gasteiger partial charge in [-0.2, -0.15) is 0 Å². The highest BCUT2D eigenvalue weighted by Gasteiger charge is 2.26. The van der Waals surface area contributed by atoms with E-state index >= 15 is 0 Å². The van der Waals surface area contributed by atoms with Crippen molar-refractivity contribution in [1.82, 2.24) is 9.97 Å². The summed E-state index contributed by atoms with van der Waals surface area (Å²) in [7, 11) is 2.71. The highest BCUT2D eigenvalue weighted by atomic mass is 16.5. The number of piperidine rings is 1. The molecule has 0 amide bonds. The Bertz CT molecular complexity index is 498. The first-order chi connectivity index (χ1) is 9.65. The number of aromatic nitrogens is 2. The van der Waals surface area contributed by atoms with E-state index in [4.69, 9.17) is 4.74 Å². The van der Waals surface area contributed by atoms with Crippen LogP contribution in [0.1, 0.15) is 23.3 Å². The molecule has 1 aliphatic heterocycles. The van der Waals surface area contributed by atoms with Crippen LogP contribution in [-0.2, 0) is 14.3 Å². The van der Waals surface area contributed by atoms with Crippen LogP contribution in [0, 0.1) is 5.92 Å². The number of anilines is 1. The molecule has 1 saturated heterocycles. The van der Waals surface area contributed by atoms with E-state index in [0.717, 1.165) is 0 Å². The summed E-state index contributed by atoms with van der Waals surface area (Å²) in [5.74, 6) is -0.118. The Kier molecular flexibility index (Phi) is 4.49. The lowest BCUT2D eigenvalue weighted by molar-refractivity contribution is -0.146. The normalized spacial score (nSPS) is 15.8. The lowest BCUT2D eigenvalue weighted by atomic mass is 9.97. The largest absolute Gasteiger partial charge is 0.469 e. The van der Waals surface area contributed by atoms with E-state index in [9.17, 15) is 9.59 Å². The number of carbonyl (C=O) groups excluding carboxylic acids is 2. The Morgan fingerprint density at radius 1 is 1.20 bits per heavy atom. The molecule has 0 atom stereocenters. The van der Waals surface area contributed by atoms with Crippen LogP contribution in [0.5, 0.6) is 0 Å². The maximum atomic E-state index is 11.5. The number of esters is 2. The highest BCUT2D eigenvalue weighted by molar-refractivity contribution is 5.87. The summed E-state index contributed by atoms with van der Waals surface area (Å²) < 4.78 is 9.37. The van der Waals surface area contributed by atoms with Crippen LogP contribution in [0.25, 0.3) is 0 Å². The van der Waals surface area contributed by atoms with Gasteiger partial charge in [0.05, 0.1) is 32.5 Å². The molecule has 1 aromatic rings. The van der Waals surface area contributed by atoms with Gasteiger partial charge in [-0.1, -0.05) is 0 Å². The van der Waals surface area contributed by atoms with Crippen molar-refractivity contribution in [3.63, 3.8) is 0 Å². The van der Waals surface area contributed by atoms with E-state index < -0.39 is 5.97 Å². The van der Waals surface area contributed by atoms with Crippen LogP contribution in [0.4, 0.5) is 5.82 Å². The minimum Gasteiger partial charge on any atom is -0.469 e. The average Bonchev–Trinajstić information content (AvgIpc) is 2.53. The first-order valence-electron chi connectivity index (χ1n) is 6.39. The van der Waals surface area contributed by atoms with E-state index in [1.807, 2.05) is 4.90 Å². The zero-order valence-electron chi connectivity index (χ0n) is 11.5. The molecular formula is C13H17N3O4. The van der Waals surface area contributed by atoms with Gasteiger partial charge in [-0.3, -0.25) is 9.78 Å². The van der Waals surface area contributed by atoms with E-state index in [2.05, 4.69) is 14.7 Å². The summed E-state index contributed by atoms with van der Waals surface area (Å²) in [6.07, 6.45) is 4.38. The smallest absolute Gasteiger partial charge is 0.358 e. The van der Waals surface area contributed by atoms with Crippen molar-refractivity contribution in [2.75, 3.05) is 32.2 Å². The SMILES string of the molecule is COC(=O)c1cncc(N2CCC(C(=O)OC)CC2)n1. The zero-order chi connectivity index (χ0) is 14.5. The van der Waals surface area contributed by atoms with Crippen LogP contribution < -0.4 is 4.90 Å². The van der Waals surface area contributed by atoms with Crippen LogP contribution in [0.15, 0.2) is 12.4 Å². The number of rotatable bonds is 3. The molecule has 0 unspecified atom stereocenters. The Morgan fingerprint density at radius 3 is 2.50 bits per heavy atom. The quantitative estimate of drug-likeness (QED) is 0.751. The molecule has 0 aromatic carbocycles. The van der Waals surface area contributed by atoms with Crippen molar-refractivity contribution >= 4 is 17.8 Å². The molecule has 1 aromatic heterocycles. The molecule has 2 rings (SSSR count). The molecule has 0 saturated carbocycles. The van der Waals surface area contributed by atoms with Crippen molar-refractivity contribution in [3.05, 3.63) is 18.1 Å². The minimum atomic E-state index is -0.510. The third-order valence-corrected chi connectivity index (χ3v) is 3.37. The summed E-state index contributed by atoms with van der Waals surface area (Å²) in [6.45, 7) is 1.36. The van der Waals surface area contributed by atoms with Crippen LogP contribution in [0.2, 0.25) is 0 Å². The molecule has 7 nitrogen and oxygen atoms in total. The van der Waals surface area contributed by atoms with Gasteiger partial charge in [-0.05, 0) is 12.8 Å². The number of hydrogen-bond acceptors (Lipinski definition) is 7. The molecule has 1 fully saturated rings. The summed E-state index contributed by atoms with van der Waals surface area (Å²) in [5, 5.41) is 0. The lowest BCUT2D eigenvalue weighted by Crippen LogP contribution is -2.37. The fourth-order valence-corrected chi connectivity index (χ4v) is 2.22. The molecule has 0 N–H and O–H groups in total. The minimum absolute atomic E-state index is 0.0620. The van der Waals surface area contributed by atoms with Gasteiger partial charge in [-0.15, -0.1) is 0 Å². The first kappa shape index (κ1) is 14.2. The third kappa shape index (κ3) is 3.04. The Labute approximate surface area is 116 Å². The van der Waals surface area contributed by atoms with Gasteiger partial charge in [0.25, 0.3) is 0 Å². The first-order valence-corrected chi connectivity index (χ1v) is 6.39. The number of hydrogen-bond donors (Lipinski definition) is 0. The van der Waals surface area contributed by atoms with Crippen LogP contribution in [0.3, 0.4) is 0 Å². The number of ether oxygens (including phenoxy) is 2. The fraction of sp³-hybridized carbons (Fsp3) is 0.538. The Morgan fingerprint density at radius 2 is 1.90 bits per heavy atom. The van der Waals surface area contributed by atoms with Gasteiger partial charge in [0.1, 0.15) is 5.82 Å². The van der Waals surface area contributed by atoms with E-state index in [-0.39, 0.29) is 17.6 Å². The maximum absolute atomic E-state index is 11.5. The summed E-state index contributed by atoms with van der Waals surface area (Å²) >= 11 is 0. The lowest BCUT2D eigenvalue weighted by Gasteiger charge is -2.31. The summed E-state index contributed by atoms with van der Waals surface area (Å²) in [6, 6.07) is 0. The molecular weight excluding hydrogens is 262 g/mol. The van der Waals surface area contributed by atoms with Crippen LogP contribution >= 0.6 is 0 Å². The number of carbonyl (C=O) groups is 2. The second-order valence-corrected chi connectivity index (χ2v) is 4.54. The van der Waals surface area contributed by atoms with Crippen molar-refractivity contribution in [2.45, 2.75) is 12.8 Å². The molecule has 20 heavy (non-hydrogen) atoms. The van der Waals surface area contributed by atoms with Crippen molar-refractivity contribution in [3.8, 4) is 0 Å². The van der Waals surface area contributed by atoms with Crippen molar-refractivity contribution in [1.29, 1.82) is 0 Å². The van der Waals surface area contributed by atoms with Crippen LogP contribution in [-0.4, -0.2) is 49.2 Å². The van der Waals surface area contributed by atoms with Gasteiger partial charge in [0, 0.05) is 13.1 Å². The predicted octanol–water partition coefficient (Wildman–Crippen LogP) is 0.653. The molecule has 0 bridgehead atoms. The van der Waals surface area contributed by atoms with E-state index in [0.29, 0.717) is 31.7 Å². The molecule has 2 heterocycles. The maximum Gasteiger partial charge on any atom is 0.358 e. The standard InChI is InChI=1S/C13H17N3O4/c1-19-12(17)9-3-5-16(6-4-9)11-8-14-7-10(15-11)13(18)20-2/h7-9H,3-6H2,1-2H3. The third-order valence-electron chi connectivity index (χ3n) is 3.37. The second kappa shape index (κ2) is 6.31. The predicted molar refractivity (Wildman–Crippen MR) is 70.3 cm³/mol. The summed E-state index contributed by atoms with van der Waals surface area (Å²) in [5.41, 5.74) is 0.181. The topological polar surface area (TPSA) is 81.6 Å². The molecule has 0 spiro atoms. The number of methoxy groups -OCH3 is 2. The van der Waals surface area contributed by atoms with Gasteiger partial charge >= 0.3 is 11.9 Å². The molecule has 7 heteroatoms.